The fourth-order valence-corrected chi connectivity index (χ4v) is 4.26. The molecule has 5 nitrogen and oxygen atoms in total. The largest absolute Gasteiger partial charge is 0.378 e. The van der Waals surface area contributed by atoms with Gasteiger partial charge in [-0.3, -0.25) is 4.68 Å². The van der Waals surface area contributed by atoms with Crippen LogP contribution in [0.5, 0.6) is 5.75 Å². The van der Waals surface area contributed by atoms with Crippen LogP contribution in [0.4, 0.5) is 0 Å². The second kappa shape index (κ2) is 7.17. The number of benzene rings is 3. The maximum Gasteiger partial charge on any atom is 0.359 e. The first-order valence-corrected chi connectivity index (χ1v) is 10.4. The molecule has 0 atom stereocenters. The van der Waals surface area contributed by atoms with Crippen molar-refractivity contribution in [2.24, 2.45) is 0 Å². The van der Waals surface area contributed by atoms with Gasteiger partial charge in [0.15, 0.2) is 0 Å². The van der Waals surface area contributed by atoms with Crippen molar-refractivity contribution in [2.75, 3.05) is 0 Å². The third kappa shape index (κ3) is 3.74. The van der Waals surface area contributed by atoms with Crippen molar-refractivity contribution in [3.05, 3.63) is 88.9 Å². The van der Waals surface area contributed by atoms with Gasteiger partial charge < -0.3 is 4.18 Å². The first kappa shape index (κ1) is 17.8. The molecule has 1 heterocycles. The molecule has 1 aromatic heterocycles. The van der Waals surface area contributed by atoms with E-state index >= 15 is 0 Å². The van der Waals surface area contributed by atoms with Gasteiger partial charge in [-0.15, -0.1) is 0 Å². The number of nitrogens with zero attached hydrogens (tertiary/aromatic N) is 2. The van der Waals surface area contributed by atoms with Gasteiger partial charge in [0.25, 0.3) is 0 Å². The van der Waals surface area contributed by atoms with E-state index in [9.17, 15) is 8.42 Å². The lowest BCUT2D eigenvalue weighted by molar-refractivity contribution is 0.480. The molecule has 0 aliphatic heterocycles. The van der Waals surface area contributed by atoms with Gasteiger partial charge >= 0.3 is 10.1 Å². The normalized spacial score (nSPS) is 11.6. The summed E-state index contributed by atoms with van der Waals surface area (Å²) in [5.41, 5.74) is 1.75. The third-order valence-corrected chi connectivity index (χ3v) is 5.72. The van der Waals surface area contributed by atoms with Crippen molar-refractivity contribution in [1.29, 1.82) is 0 Å². The number of para-hydroxylation sites is 1. The molecule has 0 spiro atoms. The standard InChI is InChI=1S/C20H15BrN2O3S/c21-16-11-12-19-18(13-16)20(22-23(19)14-15-7-3-1-4-8-15)27(24,25)26-17-9-5-2-6-10-17/h1-13H,14H2. The Bertz CT molecular complexity index is 1190. The molecule has 0 amide bonds. The number of rotatable bonds is 5. The molecule has 0 aliphatic rings. The topological polar surface area (TPSA) is 61.2 Å². The van der Waals surface area contributed by atoms with Crippen molar-refractivity contribution in [2.45, 2.75) is 11.6 Å². The molecule has 0 saturated carbocycles. The summed E-state index contributed by atoms with van der Waals surface area (Å²) in [5, 5.41) is 4.79. The number of fused-ring (bicyclic) bond motifs is 1. The van der Waals surface area contributed by atoms with Crippen molar-refractivity contribution >= 4 is 37.0 Å². The zero-order valence-electron chi connectivity index (χ0n) is 14.1. The number of aromatic nitrogens is 2. The summed E-state index contributed by atoms with van der Waals surface area (Å²) < 4.78 is 33.5. The summed E-state index contributed by atoms with van der Waals surface area (Å²) in [6, 6.07) is 23.6. The van der Waals surface area contributed by atoms with E-state index in [0.717, 1.165) is 15.6 Å². The van der Waals surface area contributed by atoms with Crippen LogP contribution < -0.4 is 4.18 Å². The highest BCUT2D eigenvalue weighted by atomic mass is 79.9. The van der Waals surface area contributed by atoms with Crippen LogP contribution in [0.3, 0.4) is 0 Å². The van der Waals surface area contributed by atoms with Gasteiger partial charge in [-0.1, -0.05) is 64.5 Å². The smallest absolute Gasteiger partial charge is 0.359 e. The zero-order valence-corrected chi connectivity index (χ0v) is 16.5. The van der Waals surface area contributed by atoms with Crippen LogP contribution in [0.2, 0.25) is 0 Å². The van der Waals surface area contributed by atoms with Crippen LogP contribution in [0, 0.1) is 0 Å². The molecular formula is C20H15BrN2O3S. The highest BCUT2D eigenvalue weighted by molar-refractivity contribution is 9.10. The van der Waals surface area contributed by atoms with Crippen LogP contribution >= 0.6 is 15.9 Å². The highest BCUT2D eigenvalue weighted by Gasteiger charge is 2.25. The molecular weight excluding hydrogens is 428 g/mol. The molecule has 0 aliphatic carbocycles. The molecule has 27 heavy (non-hydrogen) atoms. The number of hydrogen-bond donors (Lipinski definition) is 0. The van der Waals surface area contributed by atoms with Gasteiger partial charge in [0.2, 0.25) is 5.03 Å². The Morgan fingerprint density at radius 3 is 2.30 bits per heavy atom. The van der Waals surface area contributed by atoms with Crippen molar-refractivity contribution < 1.29 is 12.6 Å². The quantitative estimate of drug-likeness (QED) is 0.423. The molecule has 0 saturated heterocycles. The van der Waals surface area contributed by atoms with Crippen molar-refractivity contribution in [3.63, 3.8) is 0 Å². The first-order chi connectivity index (χ1) is 13.0. The van der Waals surface area contributed by atoms with E-state index in [1.807, 2.05) is 42.5 Å². The van der Waals surface area contributed by atoms with Gasteiger partial charge in [-0.05, 0) is 35.9 Å². The minimum Gasteiger partial charge on any atom is -0.378 e. The Morgan fingerprint density at radius 2 is 1.59 bits per heavy atom. The summed E-state index contributed by atoms with van der Waals surface area (Å²) in [6.07, 6.45) is 0. The summed E-state index contributed by atoms with van der Waals surface area (Å²) in [4.78, 5) is 0. The molecule has 0 N–H and O–H groups in total. The lowest BCUT2D eigenvalue weighted by Crippen LogP contribution is -2.12. The maximum absolute atomic E-state index is 12.9. The van der Waals surface area contributed by atoms with Crippen LogP contribution in [-0.2, 0) is 16.7 Å². The van der Waals surface area contributed by atoms with Crippen molar-refractivity contribution in [3.8, 4) is 5.75 Å². The second-order valence-corrected chi connectivity index (χ2v) is 8.34. The SMILES string of the molecule is O=S(=O)(Oc1ccccc1)c1nn(Cc2ccccc2)c2ccc(Br)cc12. The Kier molecular flexibility index (Phi) is 4.72. The van der Waals surface area contributed by atoms with E-state index in [2.05, 4.69) is 21.0 Å². The summed E-state index contributed by atoms with van der Waals surface area (Å²) in [5.74, 6) is 0.248. The fraction of sp³-hybridized carbons (Fsp3) is 0.0500. The average Bonchev–Trinajstić information content (AvgIpc) is 3.01. The summed E-state index contributed by atoms with van der Waals surface area (Å²) >= 11 is 3.40. The molecule has 0 fully saturated rings. The molecule has 3 aromatic carbocycles. The van der Waals surface area contributed by atoms with E-state index in [1.54, 1.807) is 41.1 Å². The monoisotopic (exact) mass is 442 g/mol. The number of hydrogen-bond acceptors (Lipinski definition) is 4. The predicted octanol–water partition coefficient (Wildman–Crippen LogP) is 4.61. The molecule has 0 radical (unpaired) electrons. The van der Waals surface area contributed by atoms with E-state index in [-0.39, 0.29) is 10.8 Å². The Morgan fingerprint density at radius 1 is 0.926 bits per heavy atom. The second-order valence-electron chi connectivity index (χ2n) is 5.96. The summed E-state index contributed by atoms with van der Waals surface area (Å²) in [6.45, 7) is 0.458. The van der Waals surface area contributed by atoms with E-state index in [0.29, 0.717) is 11.9 Å². The minimum absolute atomic E-state index is 0.0985. The highest BCUT2D eigenvalue weighted by Crippen LogP contribution is 2.28. The first-order valence-electron chi connectivity index (χ1n) is 8.22. The lowest BCUT2D eigenvalue weighted by atomic mass is 10.2. The van der Waals surface area contributed by atoms with Gasteiger partial charge in [0.1, 0.15) is 5.75 Å². The van der Waals surface area contributed by atoms with Crippen LogP contribution in [0.1, 0.15) is 5.56 Å². The predicted molar refractivity (Wildman–Crippen MR) is 107 cm³/mol. The lowest BCUT2D eigenvalue weighted by Gasteiger charge is -2.05. The molecule has 136 valence electrons. The third-order valence-electron chi connectivity index (χ3n) is 4.04. The van der Waals surface area contributed by atoms with Crippen LogP contribution in [0.25, 0.3) is 10.9 Å². The average molecular weight is 443 g/mol. The minimum atomic E-state index is -4.08. The molecule has 0 bridgehead atoms. The zero-order chi connectivity index (χ0) is 18.9. The van der Waals surface area contributed by atoms with Crippen LogP contribution in [0.15, 0.2) is 88.4 Å². The van der Waals surface area contributed by atoms with Gasteiger partial charge in [0, 0.05) is 9.86 Å². The number of halogens is 1. The fourth-order valence-electron chi connectivity index (χ4n) is 2.83. The van der Waals surface area contributed by atoms with E-state index in [4.69, 9.17) is 4.18 Å². The van der Waals surface area contributed by atoms with Gasteiger partial charge in [0.05, 0.1) is 12.1 Å². The Hall–Kier alpha value is -2.64. The molecule has 0 unspecified atom stereocenters. The van der Waals surface area contributed by atoms with Crippen molar-refractivity contribution in [1.82, 2.24) is 9.78 Å². The maximum atomic E-state index is 12.9. The van der Waals surface area contributed by atoms with E-state index < -0.39 is 10.1 Å². The molecule has 7 heteroatoms. The van der Waals surface area contributed by atoms with Crippen LogP contribution in [-0.4, -0.2) is 18.2 Å². The summed E-state index contributed by atoms with van der Waals surface area (Å²) in [7, 11) is -4.08. The molecule has 4 rings (SSSR count). The van der Waals surface area contributed by atoms with E-state index in [1.165, 1.54) is 0 Å². The Labute approximate surface area is 165 Å². The van der Waals surface area contributed by atoms with Gasteiger partial charge in [-0.25, -0.2) is 0 Å². The molecule has 4 aromatic rings. The Balaban J connectivity index is 1.81. The van der Waals surface area contributed by atoms with Gasteiger partial charge in [-0.2, -0.15) is 13.5 Å².